The lowest BCUT2D eigenvalue weighted by atomic mass is 10.1. The highest BCUT2D eigenvalue weighted by atomic mass is 32.1. The molecule has 0 aliphatic carbocycles. The van der Waals surface area contributed by atoms with Crippen molar-refractivity contribution in [3.05, 3.63) is 42.0 Å². The number of benzene rings is 2. The summed E-state index contributed by atoms with van der Waals surface area (Å²) in [6, 6.07) is 11.1. The summed E-state index contributed by atoms with van der Waals surface area (Å²) in [7, 11) is 1.64. The number of aromatic nitrogens is 3. The molecule has 136 valence electrons. The van der Waals surface area contributed by atoms with E-state index in [9.17, 15) is 4.79 Å². The maximum absolute atomic E-state index is 12.4. The standard InChI is InChI=1S/C18H14N4O3S2/c1-24-14-3-2-4-15-16(14)19-18(26-15)22-8-11(9-22)25-17(23)10-5-6-12-13(7-10)21-27-20-12/h2-7,11H,8-9H2,1H3. The highest BCUT2D eigenvalue weighted by molar-refractivity contribution is 7.22. The number of hydrogen-bond donors (Lipinski definition) is 0. The van der Waals surface area contributed by atoms with Crippen LogP contribution in [0.15, 0.2) is 36.4 Å². The van der Waals surface area contributed by atoms with Crippen molar-refractivity contribution in [3.63, 3.8) is 0 Å². The molecule has 0 atom stereocenters. The Bertz CT molecular complexity index is 1150. The maximum atomic E-state index is 12.4. The molecule has 3 heterocycles. The number of nitrogens with zero attached hydrogens (tertiary/aromatic N) is 4. The van der Waals surface area contributed by atoms with E-state index in [1.54, 1.807) is 36.6 Å². The Labute approximate surface area is 162 Å². The van der Waals surface area contributed by atoms with E-state index in [1.807, 2.05) is 18.2 Å². The summed E-state index contributed by atoms with van der Waals surface area (Å²) in [5.74, 6) is 0.436. The van der Waals surface area contributed by atoms with Gasteiger partial charge in [0.2, 0.25) is 0 Å². The van der Waals surface area contributed by atoms with Crippen molar-refractivity contribution in [1.82, 2.24) is 13.7 Å². The van der Waals surface area contributed by atoms with Crippen molar-refractivity contribution < 1.29 is 14.3 Å². The summed E-state index contributed by atoms with van der Waals surface area (Å²) in [4.78, 5) is 19.1. The highest BCUT2D eigenvalue weighted by Crippen LogP contribution is 2.36. The molecule has 0 unspecified atom stereocenters. The van der Waals surface area contributed by atoms with Gasteiger partial charge in [-0.1, -0.05) is 17.4 Å². The Morgan fingerprint density at radius 1 is 1.19 bits per heavy atom. The van der Waals surface area contributed by atoms with Gasteiger partial charge in [-0.05, 0) is 30.3 Å². The van der Waals surface area contributed by atoms with Crippen LogP contribution in [0.2, 0.25) is 0 Å². The molecule has 0 spiro atoms. The molecule has 0 radical (unpaired) electrons. The van der Waals surface area contributed by atoms with Crippen LogP contribution in [-0.4, -0.2) is 46.0 Å². The monoisotopic (exact) mass is 398 g/mol. The van der Waals surface area contributed by atoms with Crippen LogP contribution >= 0.6 is 23.1 Å². The van der Waals surface area contributed by atoms with Gasteiger partial charge in [0.1, 0.15) is 28.4 Å². The largest absolute Gasteiger partial charge is 0.494 e. The molecular weight excluding hydrogens is 384 g/mol. The summed E-state index contributed by atoms with van der Waals surface area (Å²) < 4.78 is 20.3. The molecule has 7 nitrogen and oxygen atoms in total. The fourth-order valence-corrected chi connectivity index (χ4v) is 4.53. The fraction of sp³-hybridized carbons (Fsp3) is 0.222. The quantitative estimate of drug-likeness (QED) is 0.488. The number of ether oxygens (including phenoxy) is 2. The van der Waals surface area contributed by atoms with E-state index >= 15 is 0 Å². The van der Waals surface area contributed by atoms with Gasteiger partial charge < -0.3 is 14.4 Å². The molecule has 2 aromatic carbocycles. The van der Waals surface area contributed by atoms with E-state index in [4.69, 9.17) is 9.47 Å². The van der Waals surface area contributed by atoms with Crippen molar-refractivity contribution in [1.29, 1.82) is 0 Å². The summed E-state index contributed by atoms with van der Waals surface area (Å²) in [5, 5.41) is 0.914. The summed E-state index contributed by atoms with van der Waals surface area (Å²) >= 11 is 2.74. The number of esters is 1. The predicted octanol–water partition coefficient (Wildman–Crippen LogP) is 3.36. The Hall–Kier alpha value is -2.78. The highest BCUT2D eigenvalue weighted by Gasteiger charge is 2.32. The predicted molar refractivity (Wildman–Crippen MR) is 105 cm³/mol. The zero-order valence-corrected chi connectivity index (χ0v) is 15.9. The van der Waals surface area contributed by atoms with Crippen LogP contribution in [0.4, 0.5) is 5.13 Å². The van der Waals surface area contributed by atoms with Crippen molar-refractivity contribution in [3.8, 4) is 5.75 Å². The molecule has 9 heteroatoms. The number of rotatable bonds is 4. The van der Waals surface area contributed by atoms with Crippen LogP contribution in [0.5, 0.6) is 5.75 Å². The van der Waals surface area contributed by atoms with Crippen molar-refractivity contribution in [2.75, 3.05) is 25.1 Å². The van der Waals surface area contributed by atoms with Gasteiger partial charge in [0.05, 0.1) is 42.2 Å². The fourth-order valence-electron chi connectivity index (χ4n) is 3.01. The first-order valence-electron chi connectivity index (χ1n) is 8.33. The molecule has 1 aliphatic rings. The van der Waals surface area contributed by atoms with E-state index in [1.165, 1.54) is 0 Å². The van der Waals surface area contributed by atoms with Gasteiger partial charge in [-0.2, -0.15) is 8.75 Å². The lowest BCUT2D eigenvalue weighted by Crippen LogP contribution is -2.53. The third-order valence-corrected chi connectivity index (χ3v) is 6.11. The Morgan fingerprint density at radius 2 is 2.04 bits per heavy atom. The van der Waals surface area contributed by atoms with Crippen molar-refractivity contribution >= 4 is 55.4 Å². The number of para-hydroxylation sites is 1. The molecule has 0 amide bonds. The zero-order chi connectivity index (χ0) is 18.4. The van der Waals surface area contributed by atoms with Gasteiger partial charge in [-0.25, -0.2) is 9.78 Å². The Kier molecular flexibility index (Phi) is 3.91. The number of carbonyl (C=O) groups is 1. The average Bonchev–Trinajstić information content (AvgIpc) is 3.29. The normalized spacial score (nSPS) is 14.5. The van der Waals surface area contributed by atoms with Crippen LogP contribution < -0.4 is 9.64 Å². The topological polar surface area (TPSA) is 77.4 Å². The van der Waals surface area contributed by atoms with Crippen molar-refractivity contribution in [2.45, 2.75) is 6.10 Å². The third kappa shape index (κ3) is 2.88. The first kappa shape index (κ1) is 16.4. The molecule has 4 aromatic rings. The minimum atomic E-state index is -0.333. The number of carbonyl (C=O) groups excluding carboxylic acids is 1. The molecule has 27 heavy (non-hydrogen) atoms. The van der Waals surface area contributed by atoms with Gasteiger partial charge >= 0.3 is 5.97 Å². The second-order valence-electron chi connectivity index (χ2n) is 6.20. The van der Waals surface area contributed by atoms with Crippen LogP contribution in [-0.2, 0) is 4.74 Å². The van der Waals surface area contributed by atoms with Crippen LogP contribution in [0.25, 0.3) is 21.3 Å². The van der Waals surface area contributed by atoms with E-state index in [0.29, 0.717) is 24.2 Å². The molecule has 1 saturated heterocycles. The molecule has 0 N–H and O–H groups in total. The minimum absolute atomic E-state index is 0.143. The van der Waals surface area contributed by atoms with Crippen LogP contribution in [0.3, 0.4) is 0 Å². The van der Waals surface area contributed by atoms with Crippen LogP contribution in [0.1, 0.15) is 10.4 Å². The van der Waals surface area contributed by atoms with Gasteiger partial charge in [0.25, 0.3) is 0 Å². The third-order valence-electron chi connectivity index (χ3n) is 4.47. The van der Waals surface area contributed by atoms with Gasteiger partial charge in [-0.15, -0.1) is 0 Å². The van der Waals surface area contributed by atoms with E-state index < -0.39 is 0 Å². The van der Waals surface area contributed by atoms with Crippen molar-refractivity contribution in [2.24, 2.45) is 0 Å². The maximum Gasteiger partial charge on any atom is 0.338 e. The number of methoxy groups -OCH3 is 1. The lowest BCUT2D eigenvalue weighted by Gasteiger charge is -2.38. The molecular formula is C18H14N4O3S2. The van der Waals surface area contributed by atoms with E-state index in [0.717, 1.165) is 38.3 Å². The molecule has 1 aliphatic heterocycles. The first-order valence-corrected chi connectivity index (χ1v) is 9.88. The molecule has 0 saturated carbocycles. The molecule has 2 aromatic heterocycles. The average molecular weight is 398 g/mol. The van der Waals surface area contributed by atoms with Crippen LogP contribution in [0, 0.1) is 0 Å². The molecule has 1 fully saturated rings. The van der Waals surface area contributed by atoms with Gasteiger partial charge in [0, 0.05) is 0 Å². The molecule has 5 rings (SSSR count). The number of fused-ring (bicyclic) bond motifs is 2. The zero-order valence-electron chi connectivity index (χ0n) is 14.3. The van der Waals surface area contributed by atoms with E-state index in [-0.39, 0.29) is 12.1 Å². The molecule has 0 bridgehead atoms. The lowest BCUT2D eigenvalue weighted by molar-refractivity contribution is 0.0234. The summed E-state index contributed by atoms with van der Waals surface area (Å²) in [5.41, 5.74) is 2.87. The van der Waals surface area contributed by atoms with Gasteiger partial charge in [0.15, 0.2) is 5.13 Å². The Morgan fingerprint density at radius 3 is 2.89 bits per heavy atom. The smallest absolute Gasteiger partial charge is 0.338 e. The SMILES string of the molecule is COc1cccc2sc(N3CC(OC(=O)c4ccc5nsnc5c4)C3)nc12. The summed E-state index contributed by atoms with van der Waals surface area (Å²) in [6.45, 7) is 1.27. The Balaban J connectivity index is 1.26. The second kappa shape index (κ2) is 6.43. The number of anilines is 1. The first-order chi connectivity index (χ1) is 13.2. The number of hydrogen-bond acceptors (Lipinski definition) is 9. The summed E-state index contributed by atoms with van der Waals surface area (Å²) in [6.07, 6.45) is -0.143. The number of thiazole rings is 1. The van der Waals surface area contributed by atoms with E-state index in [2.05, 4.69) is 18.6 Å². The minimum Gasteiger partial charge on any atom is -0.494 e. The van der Waals surface area contributed by atoms with Gasteiger partial charge in [-0.3, -0.25) is 0 Å². The second-order valence-corrected chi connectivity index (χ2v) is 7.74.